The molecule has 37 heavy (non-hydrogen) atoms. The number of esters is 1. The van der Waals surface area contributed by atoms with Gasteiger partial charge in [-0.25, -0.2) is 4.79 Å². The van der Waals surface area contributed by atoms with E-state index in [1.165, 1.54) is 12.5 Å². The lowest BCUT2D eigenvalue weighted by Crippen LogP contribution is -2.55. The van der Waals surface area contributed by atoms with Crippen LogP contribution in [0.4, 0.5) is 0 Å². The van der Waals surface area contributed by atoms with E-state index in [-0.39, 0.29) is 33.7 Å². The van der Waals surface area contributed by atoms with E-state index in [9.17, 15) is 19.5 Å². The zero-order valence-electron chi connectivity index (χ0n) is 24.3. The van der Waals surface area contributed by atoms with Crippen LogP contribution < -0.4 is 0 Å². The van der Waals surface area contributed by atoms with Gasteiger partial charge >= 0.3 is 11.9 Å². The Bertz CT molecular complexity index is 1050. The molecule has 2 saturated carbocycles. The highest BCUT2D eigenvalue weighted by atomic mass is 16.5. The largest absolute Gasteiger partial charge is 0.478 e. The molecular formula is C32H48O5. The van der Waals surface area contributed by atoms with Crippen molar-refractivity contribution in [2.45, 2.75) is 119 Å². The Kier molecular flexibility index (Phi) is 7.12. The topological polar surface area (TPSA) is 80.7 Å². The Morgan fingerprint density at radius 1 is 1.05 bits per heavy atom. The summed E-state index contributed by atoms with van der Waals surface area (Å²) in [5.74, 6) is 0.490. The highest BCUT2D eigenvalue weighted by Crippen LogP contribution is 2.72. The van der Waals surface area contributed by atoms with Gasteiger partial charge in [0.25, 0.3) is 0 Å². The van der Waals surface area contributed by atoms with Crippen molar-refractivity contribution in [3.8, 4) is 0 Å². The average molecular weight is 513 g/mol. The highest BCUT2D eigenvalue weighted by molar-refractivity contribution is 5.86. The van der Waals surface area contributed by atoms with Crippen molar-refractivity contribution < 1.29 is 24.2 Å². The smallest absolute Gasteiger partial charge is 0.330 e. The van der Waals surface area contributed by atoms with Gasteiger partial charge in [-0.3, -0.25) is 9.59 Å². The van der Waals surface area contributed by atoms with Crippen molar-refractivity contribution in [2.75, 3.05) is 0 Å². The molecular weight excluding hydrogens is 464 g/mol. The van der Waals surface area contributed by atoms with Crippen molar-refractivity contribution >= 4 is 17.7 Å². The third kappa shape index (κ3) is 4.14. The Morgan fingerprint density at radius 3 is 2.35 bits per heavy atom. The molecule has 7 atom stereocenters. The summed E-state index contributed by atoms with van der Waals surface area (Å²) < 4.78 is 6.16. The number of Topliss-reactive ketones (excluding diaryl/α,β-unsaturated/α-hetero) is 1. The van der Waals surface area contributed by atoms with Gasteiger partial charge in [-0.05, 0) is 86.9 Å². The quantitative estimate of drug-likeness (QED) is 0.229. The minimum absolute atomic E-state index is 0.000123. The van der Waals surface area contributed by atoms with Crippen molar-refractivity contribution in [2.24, 2.45) is 39.4 Å². The molecule has 4 aliphatic rings. The summed E-state index contributed by atoms with van der Waals surface area (Å²) in [7, 11) is 0. The molecule has 4 rings (SSSR count). The van der Waals surface area contributed by atoms with Crippen LogP contribution in [0.2, 0.25) is 0 Å². The van der Waals surface area contributed by atoms with E-state index in [4.69, 9.17) is 4.74 Å². The van der Waals surface area contributed by atoms with Crippen molar-refractivity contribution in [1.82, 2.24) is 0 Å². The number of hydrogen-bond acceptors (Lipinski definition) is 4. The van der Waals surface area contributed by atoms with Crippen LogP contribution in [-0.2, 0) is 19.1 Å². The van der Waals surface area contributed by atoms with Gasteiger partial charge in [0.05, 0.1) is 0 Å². The van der Waals surface area contributed by atoms with Crippen LogP contribution in [0.25, 0.3) is 0 Å². The first kappa shape index (κ1) is 28.1. The van der Waals surface area contributed by atoms with E-state index in [0.717, 1.165) is 51.4 Å². The summed E-state index contributed by atoms with van der Waals surface area (Å²) in [6, 6.07) is 0. The summed E-state index contributed by atoms with van der Waals surface area (Å²) in [6.07, 6.45) is 9.94. The zero-order chi connectivity index (χ0) is 27.6. The number of aliphatic carboxylic acids is 1. The molecule has 1 N–H and O–H groups in total. The van der Waals surface area contributed by atoms with Crippen LogP contribution in [0.15, 0.2) is 22.8 Å². The third-order valence-electron chi connectivity index (χ3n) is 12.0. The van der Waals surface area contributed by atoms with Gasteiger partial charge in [-0.15, -0.1) is 0 Å². The predicted octanol–water partition coefficient (Wildman–Crippen LogP) is 7.29. The highest BCUT2D eigenvalue weighted by Gasteiger charge is 2.67. The molecule has 0 aromatic rings. The molecule has 0 heterocycles. The first-order valence-electron chi connectivity index (χ1n) is 14.4. The molecule has 5 nitrogen and oxygen atoms in total. The number of hydrogen-bond donors (Lipinski definition) is 1. The van der Waals surface area contributed by atoms with Gasteiger partial charge in [0, 0.05) is 29.7 Å². The van der Waals surface area contributed by atoms with Gasteiger partial charge < -0.3 is 9.84 Å². The Balaban J connectivity index is 1.73. The van der Waals surface area contributed by atoms with E-state index in [2.05, 4.69) is 41.5 Å². The maximum absolute atomic E-state index is 12.9. The van der Waals surface area contributed by atoms with Gasteiger partial charge in [0.15, 0.2) is 0 Å². The number of allylic oxidation sites excluding steroid dienone is 2. The number of fused-ring (bicyclic) bond motifs is 4. The third-order valence-corrected chi connectivity index (χ3v) is 12.0. The maximum Gasteiger partial charge on any atom is 0.330 e. The number of rotatable bonds is 6. The van der Waals surface area contributed by atoms with Gasteiger partial charge in [-0.2, -0.15) is 0 Å². The van der Waals surface area contributed by atoms with Crippen LogP contribution in [0, 0.1) is 39.4 Å². The number of carboxylic acid groups (broad SMARTS) is 1. The molecule has 5 heteroatoms. The van der Waals surface area contributed by atoms with E-state index < -0.39 is 5.97 Å². The summed E-state index contributed by atoms with van der Waals surface area (Å²) in [4.78, 5) is 36.5. The lowest BCUT2D eigenvalue weighted by atomic mass is 9.43. The van der Waals surface area contributed by atoms with Crippen LogP contribution in [0.5, 0.6) is 0 Å². The minimum Gasteiger partial charge on any atom is -0.478 e. The Hall–Kier alpha value is -1.91. The fraction of sp³-hybridized carbons (Fsp3) is 0.781. The van der Waals surface area contributed by atoms with Crippen LogP contribution in [-0.4, -0.2) is 28.9 Å². The van der Waals surface area contributed by atoms with Gasteiger partial charge in [0.1, 0.15) is 11.9 Å². The maximum atomic E-state index is 12.9. The first-order chi connectivity index (χ1) is 17.1. The lowest BCUT2D eigenvalue weighted by Gasteiger charge is -2.61. The summed E-state index contributed by atoms with van der Waals surface area (Å²) in [6.45, 7) is 17.0. The fourth-order valence-electron chi connectivity index (χ4n) is 9.62. The molecule has 4 aliphatic carbocycles. The van der Waals surface area contributed by atoms with Crippen LogP contribution in [0.3, 0.4) is 0 Å². The van der Waals surface area contributed by atoms with E-state index in [0.29, 0.717) is 35.5 Å². The number of carbonyl (C=O) groups excluding carboxylic acids is 2. The molecule has 2 fully saturated rings. The second-order valence-corrected chi connectivity index (χ2v) is 13.9. The van der Waals surface area contributed by atoms with Gasteiger partial charge in [-0.1, -0.05) is 58.8 Å². The number of carboxylic acids is 1. The standard InChI is InChI=1S/C32H48O5/c1-19(10-9-11-20(2)28(35)36)24-18-27(37-21(3)33)32(8)23-12-13-25-29(4,5)26(34)15-16-30(25,6)22(23)14-17-31(24,32)7/h11,19,24-25,27H,9-10,12-18H2,1-8H3,(H,35,36)/b20-11+/t19-,24-,25+,27+,30-,31-,32-/m1/s1. The summed E-state index contributed by atoms with van der Waals surface area (Å²) in [5.41, 5.74) is 2.99. The monoisotopic (exact) mass is 512 g/mol. The summed E-state index contributed by atoms with van der Waals surface area (Å²) >= 11 is 0. The minimum atomic E-state index is -0.855. The first-order valence-corrected chi connectivity index (χ1v) is 14.4. The van der Waals surface area contributed by atoms with E-state index in [1.807, 2.05) is 6.08 Å². The molecule has 0 bridgehead atoms. The second-order valence-electron chi connectivity index (χ2n) is 13.9. The van der Waals surface area contributed by atoms with Crippen molar-refractivity contribution in [3.05, 3.63) is 22.8 Å². The molecule has 0 spiro atoms. The lowest BCUT2D eigenvalue weighted by molar-refractivity contribution is -0.154. The molecule has 0 aromatic heterocycles. The van der Waals surface area contributed by atoms with Gasteiger partial charge in [0.2, 0.25) is 0 Å². The van der Waals surface area contributed by atoms with E-state index in [1.54, 1.807) is 12.5 Å². The van der Waals surface area contributed by atoms with Crippen LogP contribution in [0.1, 0.15) is 113 Å². The molecule has 0 amide bonds. The second kappa shape index (κ2) is 9.38. The van der Waals surface area contributed by atoms with Crippen molar-refractivity contribution in [3.63, 3.8) is 0 Å². The zero-order valence-corrected chi connectivity index (χ0v) is 24.3. The Labute approximate surface area is 223 Å². The summed E-state index contributed by atoms with van der Waals surface area (Å²) in [5, 5.41) is 9.23. The SMILES string of the molecule is CC(=O)O[C@H]1C[C@H]([C@H](C)CC/C=C(\C)C(=O)O)[C@@]2(C)CCC3=C(CC[C@H]4C(C)(C)C(=O)CC[C@]34C)[C@]12C. The Morgan fingerprint density at radius 2 is 1.73 bits per heavy atom. The predicted molar refractivity (Wildman–Crippen MR) is 145 cm³/mol. The average Bonchev–Trinajstić information content (AvgIpc) is 3.03. The fourth-order valence-corrected chi connectivity index (χ4v) is 9.62. The van der Waals surface area contributed by atoms with Crippen molar-refractivity contribution in [1.29, 1.82) is 0 Å². The molecule has 0 aromatic carbocycles. The molecule has 0 unspecified atom stereocenters. The molecule has 206 valence electrons. The molecule has 0 radical (unpaired) electrons. The number of carbonyl (C=O) groups is 3. The molecule has 0 saturated heterocycles. The number of ketones is 1. The number of ether oxygens (including phenoxy) is 1. The molecule has 0 aliphatic heterocycles. The van der Waals surface area contributed by atoms with E-state index >= 15 is 0 Å². The normalized spacial score (nSPS) is 39.9. The van der Waals surface area contributed by atoms with Crippen LogP contribution >= 0.6 is 0 Å².